The highest BCUT2D eigenvalue weighted by Crippen LogP contribution is 2.35. The van der Waals surface area contributed by atoms with Crippen LogP contribution in [0.2, 0.25) is 0 Å². The molecule has 0 bridgehead atoms. The molecule has 0 saturated carbocycles. The molecular formula is C29H35N3O3. The molecule has 4 rings (SSSR count). The molecule has 0 spiro atoms. The number of amides is 1. The van der Waals surface area contributed by atoms with Crippen LogP contribution >= 0.6 is 0 Å². The van der Waals surface area contributed by atoms with Gasteiger partial charge in [0.25, 0.3) is 5.91 Å². The first kappa shape index (κ1) is 24.5. The molecule has 3 aromatic rings. The largest absolute Gasteiger partial charge is 0.490 e. The summed E-state index contributed by atoms with van der Waals surface area (Å²) in [5.41, 5.74) is 5.47. The SMILES string of the molecule is CCOc1ccc(C(=O)NC[C@H](c2ccc(N(C)C)cc2)N2CCc3ccccc32)cc1OCC. The van der Waals surface area contributed by atoms with E-state index in [9.17, 15) is 4.79 Å². The van der Waals surface area contributed by atoms with E-state index in [4.69, 9.17) is 9.47 Å². The monoisotopic (exact) mass is 473 g/mol. The lowest BCUT2D eigenvalue weighted by Gasteiger charge is -2.31. The lowest BCUT2D eigenvalue weighted by Crippen LogP contribution is -2.37. The average molecular weight is 474 g/mol. The second kappa shape index (κ2) is 11.2. The first-order valence-electron chi connectivity index (χ1n) is 12.3. The third-order valence-electron chi connectivity index (χ3n) is 6.36. The molecule has 6 heteroatoms. The fraction of sp³-hybridized carbons (Fsp3) is 0.345. The minimum absolute atomic E-state index is 0.0212. The second-order valence-corrected chi connectivity index (χ2v) is 8.81. The van der Waals surface area contributed by atoms with E-state index in [0.29, 0.717) is 36.8 Å². The molecule has 1 amide bonds. The number of benzene rings is 3. The summed E-state index contributed by atoms with van der Waals surface area (Å²) in [7, 11) is 4.08. The van der Waals surface area contributed by atoms with Crippen LogP contribution in [-0.4, -0.2) is 46.3 Å². The first-order chi connectivity index (χ1) is 17.0. The van der Waals surface area contributed by atoms with Gasteiger partial charge in [-0.15, -0.1) is 0 Å². The molecule has 0 fully saturated rings. The Morgan fingerprint density at radius 1 is 0.971 bits per heavy atom. The van der Waals surface area contributed by atoms with Crippen LogP contribution in [0.15, 0.2) is 66.7 Å². The summed E-state index contributed by atoms with van der Waals surface area (Å²) in [5.74, 6) is 1.11. The van der Waals surface area contributed by atoms with Gasteiger partial charge in [0.05, 0.1) is 19.3 Å². The molecule has 0 aliphatic carbocycles. The van der Waals surface area contributed by atoms with Crippen molar-refractivity contribution in [1.29, 1.82) is 0 Å². The van der Waals surface area contributed by atoms with E-state index >= 15 is 0 Å². The van der Waals surface area contributed by atoms with Gasteiger partial charge >= 0.3 is 0 Å². The van der Waals surface area contributed by atoms with E-state index in [0.717, 1.165) is 18.7 Å². The summed E-state index contributed by atoms with van der Waals surface area (Å²) < 4.78 is 11.3. The van der Waals surface area contributed by atoms with E-state index < -0.39 is 0 Å². The first-order valence-corrected chi connectivity index (χ1v) is 12.3. The Balaban J connectivity index is 1.57. The number of ether oxygens (including phenoxy) is 2. The predicted octanol–water partition coefficient (Wildman–Crippen LogP) is 5.08. The van der Waals surface area contributed by atoms with E-state index in [1.54, 1.807) is 18.2 Å². The molecule has 6 nitrogen and oxygen atoms in total. The van der Waals surface area contributed by atoms with Gasteiger partial charge in [0.1, 0.15) is 0 Å². The maximum Gasteiger partial charge on any atom is 0.251 e. The molecule has 1 N–H and O–H groups in total. The number of carbonyl (C=O) groups is 1. The highest BCUT2D eigenvalue weighted by molar-refractivity contribution is 5.95. The topological polar surface area (TPSA) is 54.0 Å². The van der Waals surface area contributed by atoms with E-state index in [-0.39, 0.29) is 11.9 Å². The van der Waals surface area contributed by atoms with Gasteiger partial charge in [-0.05, 0) is 67.8 Å². The number of nitrogens with one attached hydrogen (secondary N) is 1. The quantitative estimate of drug-likeness (QED) is 0.445. The fourth-order valence-electron chi connectivity index (χ4n) is 4.57. The van der Waals surface area contributed by atoms with Crippen molar-refractivity contribution < 1.29 is 14.3 Å². The Morgan fingerprint density at radius 3 is 2.40 bits per heavy atom. The smallest absolute Gasteiger partial charge is 0.251 e. The molecule has 1 atom stereocenters. The molecule has 1 aliphatic heterocycles. The third kappa shape index (κ3) is 5.53. The normalized spacial score (nSPS) is 13.2. The van der Waals surface area contributed by atoms with Crippen LogP contribution < -0.4 is 24.6 Å². The molecule has 3 aromatic carbocycles. The number of carbonyl (C=O) groups excluding carboxylic acids is 1. The van der Waals surface area contributed by atoms with Crippen molar-refractivity contribution >= 4 is 17.3 Å². The highest BCUT2D eigenvalue weighted by atomic mass is 16.5. The van der Waals surface area contributed by atoms with Crippen LogP contribution in [0.1, 0.15) is 41.4 Å². The van der Waals surface area contributed by atoms with Gasteiger partial charge in [0, 0.05) is 44.1 Å². The molecular weight excluding hydrogens is 438 g/mol. The number of rotatable bonds is 10. The maximum absolute atomic E-state index is 13.2. The molecule has 35 heavy (non-hydrogen) atoms. The van der Waals surface area contributed by atoms with Crippen molar-refractivity contribution in [2.75, 3.05) is 50.2 Å². The molecule has 0 aromatic heterocycles. The number of para-hydroxylation sites is 1. The minimum atomic E-state index is -0.128. The van der Waals surface area contributed by atoms with Crippen molar-refractivity contribution in [1.82, 2.24) is 5.32 Å². The van der Waals surface area contributed by atoms with Gasteiger partial charge in [0.15, 0.2) is 11.5 Å². The van der Waals surface area contributed by atoms with Crippen molar-refractivity contribution in [3.63, 3.8) is 0 Å². The van der Waals surface area contributed by atoms with Crippen molar-refractivity contribution in [3.8, 4) is 11.5 Å². The van der Waals surface area contributed by atoms with Crippen LogP contribution in [0, 0.1) is 0 Å². The Labute approximate surface area is 208 Å². The Hall–Kier alpha value is -3.67. The van der Waals surface area contributed by atoms with Crippen LogP contribution in [0.5, 0.6) is 11.5 Å². The molecule has 1 heterocycles. The maximum atomic E-state index is 13.2. The van der Waals surface area contributed by atoms with Gasteiger partial charge < -0.3 is 24.6 Å². The van der Waals surface area contributed by atoms with E-state index in [2.05, 4.69) is 63.6 Å². The molecule has 184 valence electrons. The van der Waals surface area contributed by atoms with Gasteiger partial charge in [-0.3, -0.25) is 4.79 Å². The van der Waals surface area contributed by atoms with Gasteiger partial charge in [-0.2, -0.15) is 0 Å². The zero-order valence-corrected chi connectivity index (χ0v) is 21.1. The van der Waals surface area contributed by atoms with Gasteiger partial charge in [-0.1, -0.05) is 30.3 Å². The summed E-state index contributed by atoms with van der Waals surface area (Å²) in [6, 6.07) is 22.5. The Kier molecular flexibility index (Phi) is 7.80. The predicted molar refractivity (Wildman–Crippen MR) is 142 cm³/mol. The van der Waals surface area contributed by atoms with Crippen LogP contribution in [0.25, 0.3) is 0 Å². The Morgan fingerprint density at radius 2 is 1.69 bits per heavy atom. The summed E-state index contributed by atoms with van der Waals surface area (Å²) in [4.78, 5) is 17.7. The van der Waals surface area contributed by atoms with Crippen molar-refractivity contribution in [2.24, 2.45) is 0 Å². The number of hydrogen-bond acceptors (Lipinski definition) is 5. The number of hydrogen-bond donors (Lipinski definition) is 1. The molecule has 0 saturated heterocycles. The summed E-state index contributed by atoms with van der Waals surface area (Å²) in [5, 5.41) is 3.18. The van der Waals surface area contributed by atoms with E-state index in [1.807, 2.05) is 27.9 Å². The van der Waals surface area contributed by atoms with Crippen molar-refractivity contribution in [3.05, 3.63) is 83.4 Å². The van der Waals surface area contributed by atoms with Crippen molar-refractivity contribution in [2.45, 2.75) is 26.3 Å². The number of fused-ring (bicyclic) bond motifs is 1. The lowest BCUT2D eigenvalue weighted by atomic mass is 10.0. The number of anilines is 2. The van der Waals surface area contributed by atoms with Gasteiger partial charge in [0.2, 0.25) is 0 Å². The molecule has 0 radical (unpaired) electrons. The third-order valence-corrected chi connectivity index (χ3v) is 6.36. The van der Waals surface area contributed by atoms with Crippen LogP contribution in [0.4, 0.5) is 11.4 Å². The zero-order valence-electron chi connectivity index (χ0n) is 21.1. The van der Waals surface area contributed by atoms with Crippen LogP contribution in [-0.2, 0) is 6.42 Å². The number of nitrogens with zero attached hydrogens (tertiary/aromatic N) is 2. The standard InChI is InChI=1S/C29H35N3O3/c1-5-34-27-16-13-23(19-28(27)35-6-2)29(33)30-20-26(22-11-14-24(15-12-22)31(3)4)32-18-17-21-9-7-8-10-25(21)32/h7-16,19,26H,5-6,17-18,20H2,1-4H3,(H,30,33)/t26-/m1/s1. The lowest BCUT2D eigenvalue weighted by molar-refractivity contribution is 0.0950. The summed E-state index contributed by atoms with van der Waals surface area (Å²) in [6.45, 7) is 6.31. The minimum Gasteiger partial charge on any atom is -0.490 e. The summed E-state index contributed by atoms with van der Waals surface area (Å²) >= 11 is 0. The summed E-state index contributed by atoms with van der Waals surface area (Å²) in [6.07, 6.45) is 1.01. The molecule has 1 aliphatic rings. The van der Waals surface area contributed by atoms with Crippen LogP contribution in [0.3, 0.4) is 0 Å². The Bertz CT molecular complexity index is 1140. The highest BCUT2D eigenvalue weighted by Gasteiger charge is 2.27. The second-order valence-electron chi connectivity index (χ2n) is 8.81. The zero-order chi connectivity index (χ0) is 24.8. The van der Waals surface area contributed by atoms with E-state index in [1.165, 1.54) is 16.8 Å². The molecule has 0 unspecified atom stereocenters. The van der Waals surface area contributed by atoms with Gasteiger partial charge in [-0.25, -0.2) is 0 Å². The fourth-order valence-corrected chi connectivity index (χ4v) is 4.57. The average Bonchev–Trinajstić information content (AvgIpc) is 3.30.